The summed E-state index contributed by atoms with van der Waals surface area (Å²) >= 11 is 0. The summed E-state index contributed by atoms with van der Waals surface area (Å²) in [6.45, 7) is 6.24. The van der Waals surface area contributed by atoms with E-state index in [4.69, 9.17) is 4.43 Å². The topological polar surface area (TPSA) is 9.23 Å². The van der Waals surface area contributed by atoms with Gasteiger partial charge in [0.25, 0.3) is 0 Å². The molecule has 0 aromatic heterocycles. The van der Waals surface area contributed by atoms with Crippen molar-refractivity contribution in [3.8, 4) is 5.75 Å². The van der Waals surface area contributed by atoms with E-state index < -0.39 is 8.32 Å². The van der Waals surface area contributed by atoms with Crippen molar-refractivity contribution in [2.24, 2.45) is 0 Å². The van der Waals surface area contributed by atoms with Crippen molar-refractivity contribution in [2.45, 2.75) is 32.6 Å². The van der Waals surface area contributed by atoms with E-state index in [0.717, 1.165) is 18.6 Å². The molecule has 0 radical (unpaired) electrons. The van der Waals surface area contributed by atoms with Gasteiger partial charge in [0.05, 0.1) is 0 Å². The van der Waals surface area contributed by atoms with Crippen molar-refractivity contribution in [1.29, 1.82) is 0 Å². The van der Waals surface area contributed by atoms with Crippen LogP contribution in [0.2, 0.25) is 0 Å². The van der Waals surface area contributed by atoms with Gasteiger partial charge in [-0.05, 0) is 47.5 Å². The highest BCUT2D eigenvalue weighted by molar-refractivity contribution is 7.01. The summed E-state index contributed by atoms with van der Waals surface area (Å²) in [6.07, 6.45) is 6.35. The molecule has 0 N–H and O–H groups in total. The number of hydrogen-bond acceptors (Lipinski definition) is 1. The fourth-order valence-electron chi connectivity index (χ4n) is 3.64. The van der Waals surface area contributed by atoms with Crippen LogP contribution in [0.3, 0.4) is 0 Å². The molecule has 2 heteroatoms. The van der Waals surface area contributed by atoms with Crippen LogP contribution in [-0.2, 0) is 0 Å². The normalized spacial score (nSPS) is 11.8. The summed E-state index contributed by atoms with van der Waals surface area (Å²) in [7, 11) is -2.65. The van der Waals surface area contributed by atoms with E-state index in [9.17, 15) is 0 Å². The fraction of sp³-hybridized carbons (Fsp3) is 0.185. The van der Waals surface area contributed by atoms with Crippen molar-refractivity contribution in [1.82, 2.24) is 0 Å². The summed E-state index contributed by atoms with van der Waals surface area (Å²) in [5.41, 5.74) is 3.87. The van der Waals surface area contributed by atoms with E-state index in [1.165, 1.54) is 28.8 Å². The number of benzene rings is 3. The largest absolute Gasteiger partial charge is 0.531 e. The van der Waals surface area contributed by atoms with Gasteiger partial charge >= 0.3 is 8.32 Å². The Bertz CT molecular complexity index is 862. The van der Waals surface area contributed by atoms with Gasteiger partial charge < -0.3 is 4.43 Å². The lowest BCUT2D eigenvalue weighted by atomic mass is 10.1. The standard InChI is InChI=1S/C27H30OSi/c1-3-5-16-24(15-4-2)23-29(26-19-11-7-12-20-26,27-21-13-8-14-22-27)28-25-17-9-6-10-18-25/h4,6-14,17-23H,2-3,5,15-16H2,1H3/b24-23+. The minimum Gasteiger partial charge on any atom is -0.531 e. The molecule has 148 valence electrons. The van der Waals surface area contributed by atoms with Gasteiger partial charge in [0.1, 0.15) is 5.75 Å². The minimum atomic E-state index is -2.65. The van der Waals surface area contributed by atoms with Gasteiger partial charge in [-0.15, -0.1) is 6.58 Å². The highest BCUT2D eigenvalue weighted by atomic mass is 28.4. The fourth-order valence-corrected chi connectivity index (χ4v) is 7.32. The third kappa shape index (κ3) is 5.36. The number of allylic oxidation sites excluding steroid dienone is 2. The summed E-state index contributed by atoms with van der Waals surface area (Å²) in [5.74, 6) is 0.913. The molecule has 0 fully saturated rings. The summed E-state index contributed by atoms with van der Waals surface area (Å²) < 4.78 is 6.96. The van der Waals surface area contributed by atoms with Crippen LogP contribution in [0.25, 0.3) is 0 Å². The Balaban J connectivity index is 2.22. The highest BCUT2D eigenvalue weighted by Gasteiger charge is 2.40. The van der Waals surface area contributed by atoms with E-state index in [1.807, 2.05) is 24.3 Å². The lowest BCUT2D eigenvalue weighted by molar-refractivity contribution is 0.575. The predicted octanol–water partition coefficient (Wildman–Crippen LogP) is 6.06. The van der Waals surface area contributed by atoms with Gasteiger partial charge in [0, 0.05) is 0 Å². The quantitative estimate of drug-likeness (QED) is 0.298. The molecule has 29 heavy (non-hydrogen) atoms. The number of rotatable bonds is 10. The van der Waals surface area contributed by atoms with Gasteiger partial charge in [-0.25, -0.2) is 0 Å². The van der Waals surface area contributed by atoms with Crippen LogP contribution in [0, 0.1) is 0 Å². The van der Waals surface area contributed by atoms with Crippen LogP contribution in [0.15, 0.2) is 115 Å². The van der Waals surface area contributed by atoms with Crippen molar-refractivity contribution < 1.29 is 4.43 Å². The van der Waals surface area contributed by atoms with E-state index in [2.05, 4.69) is 92.0 Å². The second-order valence-corrected chi connectivity index (χ2v) is 10.4. The van der Waals surface area contributed by atoms with E-state index in [0.29, 0.717) is 0 Å². The molecule has 3 aromatic rings. The zero-order valence-electron chi connectivity index (χ0n) is 17.3. The Morgan fingerprint density at radius 2 is 1.34 bits per heavy atom. The summed E-state index contributed by atoms with van der Waals surface area (Å²) in [5, 5.41) is 2.52. The first-order valence-electron chi connectivity index (χ1n) is 10.4. The zero-order chi connectivity index (χ0) is 20.4. The van der Waals surface area contributed by atoms with Crippen molar-refractivity contribution in [3.63, 3.8) is 0 Å². The van der Waals surface area contributed by atoms with Crippen LogP contribution in [0.5, 0.6) is 5.75 Å². The number of para-hydroxylation sites is 1. The zero-order valence-corrected chi connectivity index (χ0v) is 18.3. The summed E-state index contributed by atoms with van der Waals surface area (Å²) in [4.78, 5) is 0. The van der Waals surface area contributed by atoms with Gasteiger partial charge in [0.15, 0.2) is 0 Å². The molecule has 0 amide bonds. The van der Waals surface area contributed by atoms with Gasteiger partial charge in [0.2, 0.25) is 0 Å². The Morgan fingerprint density at radius 3 is 1.83 bits per heavy atom. The Hall–Kier alpha value is -2.84. The molecular formula is C27H30OSi. The van der Waals surface area contributed by atoms with Crippen molar-refractivity contribution in [3.05, 3.63) is 115 Å². The predicted molar refractivity (Wildman–Crippen MR) is 127 cm³/mol. The SMILES string of the molecule is C=CC/C(=C\[Si](Oc1ccccc1)(c1ccccc1)c1ccccc1)CCCC. The lowest BCUT2D eigenvalue weighted by Crippen LogP contribution is -2.62. The number of hydrogen-bond donors (Lipinski definition) is 0. The molecule has 0 atom stereocenters. The average molecular weight is 399 g/mol. The summed E-state index contributed by atoms with van der Waals surface area (Å²) in [6, 6.07) is 31.7. The number of unbranched alkanes of at least 4 members (excludes halogenated alkanes) is 1. The Morgan fingerprint density at radius 1 is 0.828 bits per heavy atom. The second kappa shape index (κ2) is 10.6. The van der Waals surface area contributed by atoms with Gasteiger partial charge in [-0.1, -0.05) is 104 Å². The molecule has 3 aromatic carbocycles. The van der Waals surface area contributed by atoms with Gasteiger partial charge in [-0.2, -0.15) is 0 Å². The van der Waals surface area contributed by atoms with Crippen LogP contribution < -0.4 is 14.8 Å². The van der Waals surface area contributed by atoms with Crippen molar-refractivity contribution in [2.75, 3.05) is 0 Å². The minimum absolute atomic E-state index is 0.895. The molecule has 0 unspecified atom stereocenters. The second-order valence-electron chi connectivity index (χ2n) is 7.28. The van der Waals surface area contributed by atoms with Crippen LogP contribution in [0.1, 0.15) is 32.6 Å². The molecule has 3 rings (SSSR count). The monoisotopic (exact) mass is 398 g/mol. The molecule has 0 aliphatic heterocycles. The van der Waals surface area contributed by atoms with E-state index in [-0.39, 0.29) is 0 Å². The molecule has 0 heterocycles. The molecule has 1 nitrogen and oxygen atoms in total. The third-order valence-corrected chi connectivity index (χ3v) is 8.85. The molecule has 0 saturated heterocycles. The molecule has 0 aliphatic carbocycles. The molecule has 0 spiro atoms. The first-order valence-corrected chi connectivity index (χ1v) is 12.4. The average Bonchev–Trinajstić information content (AvgIpc) is 2.79. The van der Waals surface area contributed by atoms with Crippen molar-refractivity contribution >= 4 is 18.7 Å². The van der Waals surface area contributed by atoms with Crippen LogP contribution in [-0.4, -0.2) is 8.32 Å². The Labute approximate surface area is 176 Å². The maximum absolute atomic E-state index is 6.96. The maximum atomic E-state index is 6.96. The van der Waals surface area contributed by atoms with E-state index >= 15 is 0 Å². The van der Waals surface area contributed by atoms with Crippen LogP contribution in [0.4, 0.5) is 0 Å². The maximum Gasteiger partial charge on any atom is 0.339 e. The molecular weight excluding hydrogens is 368 g/mol. The first-order chi connectivity index (χ1) is 14.3. The Kier molecular flexibility index (Phi) is 7.66. The third-order valence-electron chi connectivity index (χ3n) is 5.09. The highest BCUT2D eigenvalue weighted by Crippen LogP contribution is 2.22. The molecule has 0 aliphatic rings. The first kappa shape index (κ1) is 20.9. The van der Waals surface area contributed by atoms with E-state index in [1.54, 1.807) is 0 Å². The van der Waals surface area contributed by atoms with Gasteiger partial charge in [-0.3, -0.25) is 0 Å². The molecule has 0 bridgehead atoms. The smallest absolute Gasteiger partial charge is 0.339 e. The molecule has 0 saturated carbocycles. The van der Waals surface area contributed by atoms with Crippen LogP contribution >= 0.6 is 0 Å². The lowest BCUT2D eigenvalue weighted by Gasteiger charge is -2.31.